The maximum Gasteiger partial charge on any atom is 0.335 e. The molecular weight excluding hydrogens is 175 g/mol. The average Bonchev–Trinajstić information content (AvgIpc) is 2.42. The van der Waals surface area contributed by atoms with Crippen molar-refractivity contribution in [3.63, 3.8) is 0 Å². The number of hydrogen-bond acceptors (Lipinski definition) is 1. The molecule has 4 atom stereocenters. The largest absolute Gasteiger partial charge is 0.335 e. The van der Waals surface area contributed by atoms with Gasteiger partial charge in [0.2, 0.25) is 0 Å². The SMILES string of the molecule is NP(=O)(O)NC1CC2CCC1C2. The molecule has 2 rings (SSSR count). The lowest BCUT2D eigenvalue weighted by atomic mass is 9.96. The predicted octanol–water partition coefficient (Wildman–Crippen LogP) is 0.824. The van der Waals surface area contributed by atoms with Crippen LogP contribution >= 0.6 is 7.67 Å². The van der Waals surface area contributed by atoms with Crippen LogP contribution in [0.1, 0.15) is 25.7 Å². The molecule has 0 saturated heterocycles. The van der Waals surface area contributed by atoms with Gasteiger partial charge in [0.05, 0.1) is 0 Å². The Bertz CT molecular complexity index is 227. The van der Waals surface area contributed by atoms with Crippen molar-refractivity contribution in [3.8, 4) is 0 Å². The van der Waals surface area contributed by atoms with Gasteiger partial charge in [-0.25, -0.2) is 10.6 Å². The highest BCUT2D eigenvalue weighted by Crippen LogP contribution is 2.46. The molecule has 4 nitrogen and oxygen atoms in total. The summed E-state index contributed by atoms with van der Waals surface area (Å²) >= 11 is 0. The van der Waals surface area contributed by atoms with E-state index in [4.69, 9.17) is 10.4 Å². The number of hydrogen-bond donors (Lipinski definition) is 3. The summed E-state index contributed by atoms with van der Waals surface area (Å²) in [6, 6.07) is 0.199. The summed E-state index contributed by atoms with van der Waals surface area (Å²) in [6.07, 6.45) is 4.75. The van der Waals surface area contributed by atoms with Crippen LogP contribution in [0.3, 0.4) is 0 Å². The van der Waals surface area contributed by atoms with E-state index in [2.05, 4.69) is 5.09 Å². The summed E-state index contributed by atoms with van der Waals surface area (Å²) in [4.78, 5) is 8.93. The van der Waals surface area contributed by atoms with E-state index in [1.54, 1.807) is 0 Å². The van der Waals surface area contributed by atoms with Crippen LogP contribution in [0.25, 0.3) is 0 Å². The molecule has 5 heteroatoms. The van der Waals surface area contributed by atoms with Crippen LogP contribution in [0.5, 0.6) is 0 Å². The van der Waals surface area contributed by atoms with Gasteiger partial charge in [0.25, 0.3) is 0 Å². The predicted molar refractivity (Wildman–Crippen MR) is 46.4 cm³/mol. The van der Waals surface area contributed by atoms with Gasteiger partial charge in [-0.2, -0.15) is 0 Å². The van der Waals surface area contributed by atoms with Crippen LogP contribution in [0.15, 0.2) is 0 Å². The summed E-state index contributed by atoms with van der Waals surface area (Å²) in [6.45, 7) is 0. The molecule has 0 aliphatic heterocycles. The fourth-order valence-electron chi connectivity index (χ4n) is 2.64. The quantitative estimate of drug-likeness (QED) is 0.563. The minimum atomic E-state index is -3.49. The van der Waals surface area contributed by atoms with E-state index >= 15 is 0 Å². The van der Waals surface area contributed by atoms with Crippen molar-refractivity contribution < 1.29 is 9.46 Å². The first-order valence-corrected chi connectivity index (χ1v) is 6.16. The molecule has 0 radical (unpaired) electrons. The highest BCUT2D eigenvalue weighted by Gasteiger charge is 2.41. The molecular formula is C7H15N2O2P. The van der Waals surface area contributed by atoms with Crippen molar-refractivity contribution in [2.24, 2.45) is 17.3 Å². The van der Waals surface area contributed by atoms with Crippen molar-refractivity contribution in [1.29, 1.82) is 0 Å². The van der Waals surface area contributed by atoms with Gasteiger partial charge in [-0.3, -0.25) is 4.57 Å². The number of rotatable bonds is 2. The Morgan fingerprint density at radius 3 is 2.58 bits per heavy atom. The fourth-order valence-corrected chi connectivity index (χ4v) is 3.43. The van der Waals surface area contributed by atoms with E-state index in [1.165, 1.54) is 19.3 Å². The number of nitrogens with one attached hydrogen (secondary N) is 1. The second kappa shape index (κ2) is 2.81. The minimum absolute atomic E-state index is 0.199. The first-order valence-electron chi connectivity index (χ1n) is 4.44. The maximum atomic E-state index is 10.9. The van der Waals surface area contributed by atoms with Gasteiger partial charge in [0.1, 0.15) is 0 Å². The highest BCUT2D eigenvalue weighted by molar-refractivity contribution is 7.53. The van der Waals surface area contributed by atoms with E-state index in [1.807, 2.05) is 0 Å². The van der Waals surface area contributed by atoms with Crippen molar-refractivity contribution in [2.75, 3.05) is 0 Å². The Morgan fingerprint density at radius 1 is 1.42 bits per heavy atom. The highest BCUT2D eigenvalue weighted by atomic mass is 31.2. The molecule has 0 aromatic heterocycles. The van der Waals surface area contributed by atoms with Crippen LogP contribution in [0, 0.1) is 11.8 Å². The topological polar surface area (TPSA) is 75.4 Å². The molecule has 0 aromatic rings. The first-order chi connectivity index (χ1) is 5.54. The molecule has 4 unspecified atom stereocenters. The molecule has 0 spiro atoms. The lowest BCUT2D eigenvalue weighted by Crippen LogP contribution is -2.33. The molecule has 2 bridgehead atoms. The standard InChI is InChI=1S/C7H15N2O2P/c8-12(10,11)9-7-4-5-1-2-6(7)3-5/h5-7H,1-4H2,(H4,8,9,10,11). The molecule has 4 N–H and O–H groups in total. The summed E-state index contributed by atoms with van der Waals surface area (Å²) in [5, 5.41) is 2.64. The molecule has 0 aromatic carbocycles. The van der Waals surface area contributed by atoms with Gasteiger partial charge in [0.15, 0.2) is 0 Å². The third-order valence-electron chi connectivity index (χ3n) is 3.09. The van der Waals surface area contributed by atoms with Crippen LogP contribution < -0.4 is 10.6 Å². The van der Waals surface area contributed by atoms with Crippen LogP contribution in [0.2, 0.25) is 0 Å². The monoisotopic (exact) mass is 190 g/mol. The molecule has 0 amide bonds. The zero-order chi connectivity index (χ0) is 8.77. The van der Waals surface area contributed by atoms with Crippen LogP contribution in [0.4, 0.5) is 0 Å². The molecule has 12 heavy (non-hydrogen) atoms. The molecule has 2 saturated carbocycles. The third-order valence-corrected chi connectivity index (χ3v) is 3.79. The second-order valence-corrected chi connectivity index (χ2v) is 5.54. The Kier molecular flexibility index (Phi) is 2.04. The van der Waals surface area contributed by atoms with E-state index < -0.39 is 7.67 Å². The summed E-state index contributed by atoms with van der Waals surface area (Å²) in [5.41, 5.74) is 5.05. The zero-order valence-electron chi connectivity index (χ0n) is 6.94. The van der Waals surface area contributed by atoms with E-state index in [9.17, 15) is 4.57 Å². The fraction of sp³-hybridized carbons (Fsp3) is 1.00. The van der Waals surface area contributed by atoms with E-state index in [0.717, 1.165) is 12.3 Å². The Morgan fingerprint density at radius 2 is 2.17 bits per heavy atom. The van der Waals surface area contributed by atoms with Crippen molar-refractivity contribution in [1.82, 2.24) is 5.09 Å². The zero-order valence-corrected chi connectivity index (χ0v) is 7.83. The van der Waals surface area contributed by atoms with Crippen molar-refractivity contribution in [2.45, 2.75) is 31.7 Å². The molecule has 70 valence electrons. The minimum Gasteiger partial charge on any atom is -0.322 e. The third kappa shape index (κ3) is 1.72. The Balaban J connectivity index is 1.95. The van der Waals surface area contributed by atoms with Gasteiger partial charge in [-0.05, 0) is 31.1 Å². The Hall–Kier alpha value is 0.110. The molecule has 2 aliphatic rings. The lowest BCUT2D eigenvalue weighted by Gasteiger charge is -2.23. The van der Waals surface area contributed by atoms with Crippen LogP contribution in [-0.4, -0.2) is 10.9 Å². The van der Waals surface area contributed by atoms with E-state index in [0.29, 0.717) is 5.92 Å². The summed E-state index contributed by atoms with van der Waals surface area (Å²) in [5.74, 6) is 1.37. The Labute approximate surface area is 72.1 Å². The van der Waals surface area contributed by atoms with Gasteiger partial charge in [-0.1, -0.05) is 6.42 Å². The summed E-state index contributed by atoms with van der Waals surface area (Å²) in [7, 11) is -3.49. The molecule has 2 aliphatic carbocycles. The van der Waals surface area contributed by atoms with Gasteiger partial charge < -0.3 is 4.89 Å². The smallest absolute Gasteiger partial charge is 0.322 e. The van der Waals surface area contributed by atoms with Gasteiger partial charge in [0, 0.05) is 6.04 Å². The van der Waals surface area contributed by atoms with Crippen molar-refractivity contribution in [3.05, 3.63) is 0 Å². The summed E-state index contributed by atoms with van der Waals surface area (Å²) < 4.78 is 10.9. The van der Waals surface area contributed by atoms with Crippen LogP contribution in [-0.2, 0) is 4.57 Å². The van der Waals surface area contributed by atoms with Gasteiger partial charge >= 0.3 is 7.67 Å². The lowest BCUT2D eigenvalue weighted by molar-refractivity contribution is 0.369. The molecule has 2 fully saturated rings. The van der Waals surface area contributed by atoms with Gasteiger partial charge in [-0.15, -0.1) is 0 Å². The second-order valence-electron chi connectivity index (χ2n) is 4.03. The molecule has 0 heterocycles. The average molecular weight is 190 g/mol. The normalized spacial score (nSPS) is 44.7. The van der Waals surface area contributed by atoms with E-state index in [-0.39, 0.29) is 6.04 Å². The number of fused-ring (bicyclic) bond motifs is 2. The van der Waals surface area contributed by atoms with Crippen molar-refractivity contribution >= 4 is 7.67 Å². The number of nitrogens with two attached hydrogens (primary N) is 1. The maximum absolute atomic E-state index is 10.9. The first kappa shape index (κ1) is 8.70.